The van der Waals surface area contributed by atoms with E-state index in [1.165, 1.54) is 0 Å². The Labute approximate surface area is 120 Å². The van der Waals surface area contributed by atoms with Gasteiger partial charge in [0.05, 0.1) is 17.2 Å². The second-order valence-corrected chi connectivity index (χ2v) is 4.58. The van der Waals surface area contributed by atoms with Crippen LogP contribution in [0.25, 0.3) is 16.5 Å². The summed E-state index contributed by atoms with van der Waals surface area (Å²) < 4.78 is 26.9. The summed E-state index contributed by atoms with van der Waals surface area (Å²) in [5.74, 6) is 0. The van der Waals surface area contributed by atoms with Crippen LogP contribution in [-0.2, 0) is 0 Å². The Morgan fingerprint density at radius 2 is 1.81 bits per heavy atom. The van der Waals surface area contributed by atoms with Gasteiger partial charge in [-0.05, 0) is 17.7 Å². The number of hydrogen-bond acceptors (Lipinski definition) is 1. The summed E-state index contributed by atoms with van der Waals surface area (Å²) in [5, 5.41) is 9.55. The average molecular weight is 280 g/mol. The number of aromatic amines is 1. The van der Waals surface area contributed by atoms with Crippen molar-refractivity contribution >= 4 is 16.5 Å². The summed E-state index contributed by atoms with van der Waals surface area (Å²) in [6.45, 7) is 0. The molecule has 2 aromatic carbocycles. The fourth-order valence-electron chi connectivity index (χ4n) is 2.37. The van der Waals surface area contributed by atoms with Crippen molar-refractivity contribution in [1.82, 2.24) is 4.98 Å². The summed E-state index contributed by atoms with van der Waals surface area (Å²) in [6.07, 6.45) is -0.181. The van der Waals surface area contributed by atoms with Gasteiger partial charge in [0.1, 0.15) is 0 Å². The van der Waals surface area contributed by atoms with Crippen molar-refractivity contribution in [2.75, 3.05) is 0 Å². The van der Waals surface area contributed by atoms with Gasteiger partial charge in [-0.25, -0.2) is 0 Å². The average Bonchev–Trinajstić information content (AvgIpc) is 2.91. The molecule has 1 aromatic heterocycles. The van der Waals surface area contributed by atoms with Gasteiger partial charge in [-0.3, -0.25) is 0 Å². The van der Waals surface area contributed by atoms with Gasteiger partial charge in [-0.1, -0.05) is 36.4 Å². The number of H-pyrrole nitrogens is 1. The van der Waals surface area contributed by atoms with Crippen molar-refractivity contribution in [3.8, 4) is 6.07 Å². The second-order valence-electron chi connectivity index (χ2n) is 4.58. The van der Waals surface area contributed by atoms with E-state index < -0.39 is 6.08 Å². The van der Waals surface area contributed by atoms with Crippen LogP contribution in [0, 0.1) is 11.3 Å². The zero-order chi connectivity index (χ0) is 14.8. The lowest BCUT2D eigenvalue weighted by molar-refractivity contribution is 0.426. The number of benzene rings is 2. The minimum absolute atomic E-state index is 0.0912. The predicted octanol–water partition coefficient (Wildman–Crippen LogP) is 4.70. The largest absolute Gasteiger partial charge is 0.361 e. The van der Waals surface area contributed by atoms with Crippen molar-refractivity contribution in [2.24, 2.45) is 0 Å². The molecule has 0 aliphatic rings. The van der Waals surface area contributed by atoms with E-state index in [4.69, 9.17) is 5.26 Å². The summed E-state index contributed by atoms with van der Waals surface area (Å²) >= 11 is 0. The Kier molecular flexibility index (Phi) is 3.25. The van der Waals surface area contributed by atoms with Crippen LogP contribution in [-0.4, -0.2) is 4.98 Å². The number of fused-ring (bicyclic) bond motifs is 1. The van der Waals surface area contributed by atoms with Gasteiger partial charge in [0, 0.05) is 22.7 Å². The summed E-state index contributed by atoms with van der Waals surface area (Å²) in [7, 11) is 0. The third-order valence-electron chi connectivity index (χ3n) is 3.33. The highest BCUT2D eigenvalue weighted by Gasteiger charge is 2.16. The van der Waals surface area contributed by atoms with Gasteiger partial charge in [0.2, 0.25) is 0 Å². The molecule has 2 nitrogen and oxygen atoms in total. The lowest BCUT2D eigenvalue weighted by Crippen LogP contribution is -1.88. The molecule has 102 valence electrons. The van der Waals surface area contributed by atoms with E-state index in [0.29, 0.717) is 27.6 Å². The molecular weight excluding hydrogens is 270 g/mol. The number of aromatic nitrogens is 1. The summed E-state index contributed by atoms with van der Waals surface area (Å²) in [4.78, 5) is 2.95. The molecule has 0 saturated heterocycles. The third-order valence-corrected chi connectivity index (χ3v) is 3.33. The highest BCUT2D eigenvalue weighted by Crippen LogP contribution is 2.33. The van der Waals surface area contributed by atoms with Crippen LogP contribution in [0.15, 0.2) is 60.8 Å². The zero-order valence-corrected chi connectivity index (χ0v) is 10.9. The lowest BCUT2D eigenvalue weighted by Gasteiger charge is -2.05. The second kappa shape index (κ2) is 5.22. The van der Waals surface area contributed by atoms with E-state index in [2.05, 4.69) is 4.98 Å². The number of nitrogens with zero attached hydrogens (tertiary/aromatic N) is 1. The van der Waals surface area contributed by atoms with Gasteiger partial charge in [0.25, 0.3) is 6.08 Å². The maximum Gasteiger partial charge on any atom is 0.278 e. The molecule has 0 atom stereocenters. The molecule has 0 fully saturated rings. The fourth-order valence-corrected chi connectivity index (χ4v) is 2.37. The molecule has 1 heterocycles. The minimum atomic E-state index is -1.73. The smallest absolute Gasteiger partial charge is 0.278 e. The molecule has 0 unspecified atom stereocenters. The maximum atomic E-state index is 13.4. The molecule has 4 heteroatoms. The number of halogens is 2. The molecule has 3 rings (SSSR count). The van der Waals surface area contributed by atoms with Gasteiger partial charge in [0.15, 0.2) is 0 Å². The van der Waals surface area contributed by atoms with Crippen LogP contribution in [0.5, 0.6) is 0 Å². The standard InChI is InChI=1S/C17H10F2N2/c18-17(19)16(12-4-2-1-3-5-12)14-10-21-15-8-11(9-20)6-7-13(14)15/h1-8,10,21H. The topological polar surface area (TPSA) is 39.6 Å². The summed E-state index contributed by atoms with van der Waals surface area (Å²) in [5.41, 5.74) is 1.95. The van der Waals surface area contributed by atoms with Crippen molar-refractivity contribution in [1.29, 1.82) is 5.26 Å². The Hall–Kier alpha value is -2.93. The first kappa shape index (κ1) is 13.1. The van der Waals surface area contributed by atoms with E-state index >= 15 is 0 Å². The Morgan fingerprint density at radius 3 is 2.48 bits per heavy atom. The maximum absolute atomic E-state index is 13.4. The van der Waals surface area contributed by atoms with Gasteiger partial charge >= 0.3 is 0 Å². The molecule has 0 aliphatic heterocycles. The molecule has 0 spiro atoms. The number of nitriles is 1. The molecule has 0 aliphatic carbocycles. The molecule has 21 heavy (non-hydrogen) atoms. The van der Waals surface area contributed by atoms with Crippen LogP contribution >= 0.6 is 0 Å². The normalized spacial score (nSPS) is 10.3. The molecule has 0 amide bonds. The van der Waals surface area contributed by atoms with Gasteiger partial charge < -0.3 is 4.98 Å². The fraction of sp³-hybridized carbons (Fsp3) is 0. The zero-order valence-electron chi connectivity index (χ0n) is 10.9. The first-order valence-corrected chi connectivity index (χ1v) is 6.33. The summed E-state index contributed by atoms with van der Waals surface area (Å²) in [6, 6.07) is 15.5. The van der Waals surface area contributed by atoms with E-state index in [9.17, 15) is 8.78 Å². The Balaban J connectivity index is 2.23. The van der Waals surface area contributed by atoms with Crippen LogP contribution in [0.3, 0.4) is 0 Å². The van der Waals surface area contributed by atoms with Crippen LogP contribution < -0.4 is 0 Å². The van der Waals surface area contributed by atoms with Crippen molar-refractivity contribution in [3.05, 3.63) is 77.5 Å². The molecule has 0 saturated carbocycles. The number of nitrogens with one attached hydrogen (secondary N) is 1. The lowest BCUT2D eigenvalue weighted by atomic mass is 9.98. The van der Waals surface area contributed by atoms with Crippen LogP contribution in [0.1, 0.15) is 16.7 Å². The van der Waals surface area contributed by atoms with Crippen molar-refractivity contribution in [2.45, 2.75) is 0 Å². The molecule has 0 radical (unpaired) electrons. The highest BCUT2D eigenvalue weighted by atomic mass is 19.3. The third kappa shape index (κ3) is 2.30. The van der Waals surface area contributed by atoms with E-state index in [0.717, 1.165) is 0 Å². The van der Waals surface area contributed by atoms with E-state index in [1.54, 1.807) is 54.7 Å². The monoisotopic (exact) mass is 280 g/mol. The van der Waals surface area contributed by atoms with Crippen molar-refractivity contribution in [3.63, 3.8) is 0 Å². The quantitative estimate of drug-likeness (QED) is 0.726. The first-order chi connectivity index (χ1) is 10.2. The van der Waals surface area contributed by atoms with E-state index in [1.807, 2.05) is 6.07 Å². The molecule has 1 N–H and O–H groups in total. The molecular formula is C17H10F2N2. The minimum Gasteiger partial charge on any atom is -0.361 e. The SMILES string of the molecule is N#Cc1ccc2c(C(=C(F)F)c3ccccc3)c[nH]c2c1. The van der Waals surface area contributed by atoms with Crippen LogP contribution in [0.4, 0.5) is 8.78 Å². The van der Waals surface area contributed by atoms with Gasteiger partial charge in [-0.2, -0.15) is 14.0 Å². The first-order valence-electron chi connectivity index (χ1n) is 6.33. The van der Waals surface area contributed by atoms with E-state index in [-0.39, 0.29) is 5.57 Å². The Bertz CT molecular complexity index is 867. The van der Waals surface area contributed by atoms with Crippen LogP contribution in [0.2, 0.25) is 0 Å². The number of hydrogen-bond donors (Lipinski definition) is 1. The van der Waals surface area contributed by atoms with Crippen molar-refractivity contribution < 1.29 is 8.78 Å². The molecule has 3 aromatic rings. The predicted molar refractivity (Wildman–Crippen MR) is 77.7 cm³/mol. The highest BCUT2D eigenvalue weighted by molar-refractivity contribution is 5.97. The number of rotatable bonds is 2. The van der Waals surface area contributed by atoms with Gasteiger partial charge in [-0.15, -0.1) is 0 Å². The molecule has 0 bridgehead atoms. The Morgan fingerprint density at radius 1 is 1.05 bits per heavy atom.